The van der Waals surface area contributed by atoms with Crippen LogP contribution in [0.4, 0.5) is 4.79 Å². The molecule has 0 spiro atoms. The van der Waals surface area contributed by atoms with E-state index in [2.05, 4.69) is 29.0 Å². The molecule has 2 aliphatic rings. The molecule has 38 heavy (non-hydrogen) atoms. The van der Waals surface area contributed by atoms with Crippen LogP contribution in [-0.2, 0) is 20.5 Å². The molecule has 0 radical (unpaired) electrons. The Bertz CT molecular complexity index is 969. The number of nitrogens with zero attached hydrogens (tertiary/aromatic N) is 2. The summed E-state index contributed by atoms with van der Waals surface area (Å²) in [6.07, 6.45) is 4.16. The van der Waals surface area contributed by atoms with Crippen molar-refractivity contribution in [2.75, 3.05) is 19.7 Å². The van der Waals surface area contributed by atoms with Crippen molar-refractivity contribution in [1.29, 1.82) is 0 Å². The average Bonchev–Trinajstić information content (AvgIpc) is 2.82. The Hall–Kier alpha value is -2.04. The molecule has 1 heterocycles. The van der Waals surface area contributed by atoms with Gasteiger partial charge in [0, 0.05) is 11.5 Å². The molecule has 1 aromatic rings. The van der Waals surface area contributed by atoms with E-state index in [9.17, 15) is 19.1 Å². The van der Waals surface area contributed by atoms with Gasteiger partial charge in [-0.15, -0.1) is 0 Å². The molecule has 1 unspecified atom stereocenters. The fourth-order valence-corrected chi connectivity index (χ4v) is 6.37. The van der Waals surface area contributed by atoms with E-state index in [0.29, 0.717) is 25.3 Å². The molecule has 214 valence electrons. The number of benzene rings is 1. The number of carbonyl (C=O) groups is 1. The molecule has 2 fully saturated rings. The number of nitrogens with one attached hydrogen (secondary N) is 1. The Morgan fingerprint density at radius 1 is 1.13 bits per heavy atom. The van der Waals surface area contributed by atoms with Gasteiger partial charge in [0.1, 0.15) is 11.1 Å². The zero-order valence-electron chi connectivity index (χ0n) is 23.7. The number of hydrogen-bond donors (Lipinski definition) is 1. The van der Waals surface area contributed by atoms with E-state index in [4.69, 9.17) is 9.47 Å². The maximum atomic E-state index is 13.3. The average molecular weight is 552 g/mol. The quantitative estimate of drug-likeness (QED) is 0.351. The van der Waals surface area contributed by atoms with Gasteiger partial charge in [0.2, 0.25) is 6.54 Å². The van der Waals surface area contributed by atoms with Gasteiger partial charge in [-0.3, -0.25) is 10.1 Å². The van der Waals surface area contributed by atoms with Gasteiger partial charge in [0.05, 0.1) is 34.5 Å². The maximum Gasteiger partial charge on any atom is 0.410 e. The highest BCUT2D eigenvalue weighted by molar-refractivity contribution is 7.84. The fraction of sp³-hybridized carbons (Fsp3) is 0.750. The second-order valence-electron chi connectivity index (χ2n) is 12.6. The molecule has 1 aromatic carbocycles. The summed E-state index contributed by atoms with van der Waals surface area (Å²) in [5, 5.41) is 11.9. The molecular formula is C28H45N3O6S. The molecule has 1 amide bonds. The summed E-state index contributed by atoms with van der Waals surface area (Å²) in [5.74, 6) is 0.494. The van der Waals surface area contributed by atoms with Gasteiger partial charge >= 0.3 is 6.09 Å². The van der Waals surface area contributed by atoms with Crippen LogP contribution in [0.25, 0.3) is 0 Å². The lowest BCUT2D eigenvalue weighted by Crippen LogP contribution is -2.70. The van der Waals surface area contributed by atoms with E-state index in [1.165, 1.54) is 5.56 Å². The van der Waals surface area contributed by atoms with Gasteiger partial charge in [0.15, 0.2) is 0 Å². The lowest BCUT2D eigenvalue weighted by atomic mass is 9.81. The molecule has 1 aliphatic heterocycles. The van der Waals surface area contributed by atoms with Gasteiger partial charge < -0.3 is 14.4 Å². The monoisotopic (exact) mass is 551 g/mol. The summed E-state index contributed by atoms with van der Waals surface area (Å²) < 4.78 is 27.8. The molecule has 1 aliphatic carbocycles. The van der Waals surface area contributed by atoms with E-state index in [-0.39, 0.29) is 17.6 Å². The molecular weight excluding hydrogens is 506 g/mol. The molecule has 10 heteroatoms. The summed E-state index contributed by atoms with van der Waals surface area (Å²) in [5.41, 5.74) is -0.588. The van der Waals surface area contributed by atoms with Crippen molar-refractivity contribution in [2.45, 2.75) is 114 Å². The predicted molar refractivity (Wildman–Crippen MR) is 149 cm³/mol. The summed E-state index contributed by atoms with van der Waals surface area (Å²) in [7, 11) is -1.58. The second kappa shape index (κ2) is 12.4. The van der Waals surface area contributed by atoms with E-state index in [1.807, 2.05) is 26.8 Å². The van der Waals surface area contributed by atoms with Crippen LogP contribution in [0.2, 0.25) is 0 Å². The normalized spacial score (nSPS) is 27.5. The Morgan fingerprint density at radius 2 is 1.76 bits per heavy atom. The molecule has 0 aromatic heterocycles. The third-order valence-corrected chi connectivity index (χ3v) is 9.07. The zero-order valence-corrected chi connectivity index (χ0v) is 24.6. The van der Waals surface area contributed by atoms with Crippen molar-refractivity contribution in [1.82, 2.24) is 9.62 Å². The maximum absolute atomic E-state index is 13.3. The zero-order chi connectivity index (χ0) is 28.1. The lowest BCUT2D eigenvalue weighted by molar-refractivity contribution is -0.493. The van der Waals surface area contributed by atoms with Crippen molar-refractivity contribution in [3.8, 4) is 0 Å². The Balaban J connectivity index is 1.82. The van der Waals surface area contributed by atoms with Crippen molar-refractivity contribution in [3.63, 3.8) is 0 Å². The number of hydrogen-bond acceptors (Lipinski definition) is 6. The van der Waals surface area contributed by atoms with E-state index in [1.54, 1.807) is 25.7 Å². The van der Waals surface area contributed by atoms with Crippen LogP contribution in [0.5, 0.6) is 0 Å². The smallest absolute Gasteiger partial charge is 0.410 e. The van der Waals surface area contributed by atoms with Gasteiger partial charge in [-0.05, 0) is 91.5 Å². The van der Waals surface area contributed by atoms with E-state index < -0.39 is 45.6 Å². The molecule has 3 atom stereocenters. The van der Waals surface area contributed by atoms with Crippen LogP contribution in [0, 0.1) is 10.1 Å². The highest BCUT2D eigenvalue weighted by Crippen LogP contribution is 2.36. The van der Waals surface area contributed by atoms with E-state index in [0.717, 1.165) is 25.7 Å². The topological polar surface area (TPSA) is 111 Å². The Labute approximate surface area is 229 Å². The van der Waals surface area contributed by atoms with Crippen LogP contribution in [-0.4, -0.2) is 67.9 Å². The fourth-order valence-electron chi connectivity index (χ4n) is 5.39. The Kier molecular flexibility index (Phi) is 9.97. The first-order valence-electron chi connectivity index (χ1n) is 13.7. The van der Waals surface area contributed by atoms with Gasteiger partial charge in [-0.2, -0.15) is 0 Å². The lowest BCUT2D eigenvalue weighted by Gasteiger charge is -2.48. The second-order valence-corrected chi connectivity index (χ2v) is 14.6. The standard InChI is InChI=1S/C28H45N3O6S/c1-26(2,3)37-25(32)30-18-10-17-28(20-31(33)34,29-38(35)27(4,5)6)24(30)19-36-23-15-13-22(14-16-23)21-11-8-7-9-12-21/h7-9,11-12,22-24,29H,10,13-20H2,1-6H3/t22?,23?,24-,28+,38?/m0/s1. The van der Waals surface area contributed by atoms with Crippen molar-refractivity contribution < 1.29 is 23.4 Å². The molecule has 0 bridgehead atoms. The highest BCUT2D eigenvalue weighted by Gasteiger charge is 2.53. The minimum absolute atomic E-state index is 0.00112. The van der Waals surface area contributed by atoms with Crippen LogP contribution >= 0.6 is 0 Å². The highest BCUT2D eigenvalue weighted by atomic mass is 32.2. The van der Waals surface area contributed by atoms with Gasteiger partial charge in [-0.25, -0.2) is 13.7 Å². The van der Waals surface area contributed by atoms with Crippen LogP contribution < -0.4 is 4.72 Å². The van der Waals surface area contributed by atoms with Crippen LogP contribution in [0.15, 0.2) is 30.3 Å². The SMILES string of the molecule is CC(C)(C)OC(=O)N1CCC[C@](C[N+](=O)[O-])(NS(=O)C(C)(C)C)[C@@H]1COC1CCC(c2ccccc2)CC1. The van der Waals surface area contributed by atoms with Gasteiger partial charge in [0.25, 0.3) is 0 Å². The van der Waals surface area contributed by atoms with E-state index >= 15 is 0 Å². The number of rotatable bonds is 8. The van der Waals surface area contributed by atoms with Crippen molar-refractivity contribution in [3.05, 3.63) is 46.0 Å². The third-order valence-electron chi connectivity index (χ3n) is 7.36. The molecule has 1 saturated heterocycles. The first-order valence-corrected chi connectivity index (χ1v) is 14.8. The van der Waals surface area contributed by atoms with Crippen molar-refractivity contribution >= 4 is 17.1 Å². The Morgan fingerprint density at radius 3 is 2.32 bits per heavy atom. The first kappa shape index (κ1) is 30.5. The third kappa shape index (κ3) is 8.23. The number of piperidine rings is 1. The van der Waals surface area contributed by atoms with Crippen LogP contribution in [0.3, 0.4) is 0 Å². The van der Waals surface area contributed by atoms with Crippen LogP contribution in [0.1, 0.15) is 91.5 Å². The summed E-state index contributed by atoms with van der Waals surface area (Å²) in [6, 6.07) is 9.79. The number of ether oxygens (including phenoxy) is 2. The number of carbonyl (C=O) groups excluding carboxylic acids is 1. The van der Waals surface area contributed by atoms with Crippen molar-refractivity contribution in [2.24, 2.45) is 0 Å². The minimum Gasteiger partial charge on any atom is -0.444 e. The summed E-state index contributed by atoms with van der Waals surface area (Å²) >= 11 is 0. The summed E-state index contributed by atoms with van der Waals surface area (Å²) in [4.78, 5) is 26.4. The minimum atomic E-state index is -1.58. The molecule has 3 rings (SSSR count). The molecule has 1 N–H and O–H groups in total. The number of nitro groups is 1. The predicted octanol–water partition coefficient (Wildman–Crippen LogP) is 5.20. The molecule has 1 saturated carbocycles. The largest absolute Gasteiger partial charge is 0.444 e. The first-order chi connectivity index (χ1) is 17.7. The summed E-state index contributed by atoms with van der Waals surface area (Å²) in [6.45, 7) is 10.9. The van der Waals surface area contributed by atoms with Gasteiger partial charge in [-0.1, -0.05) is 30.3 Å². The number of likely N-dealkylation sites (tertiary alicyclic amines) is 1. The number of amides is 1. The molecule has 9 nitrogen and oxygen atoms in total.